The molecule has 2 aromatic heterocycles. The Morgan fingerprint density at radius 2 is 0.873 bits per heavy atom. The van der Waals surface area contributed by atoms with Gasteiger partial charge in [0.05, 0.1) is 115 Å². The van der Waals surface area contributed by atoms with E-state index >= 15 is 0 Å². The van der Waals surface area contributed by atoms with Gasteiger partial charge in [-0.3, -0.25) is 29.1 Å². The largest absolute Gasteiger partial charge is 0.463 e. The number of aliphatic hydroxyl groups is 8. The van der Waals surface area contributed by atoms with E-state index in [-0.39, 0.29) is 142 Å². The van der Waals surface area contributed by atoms with Crippen molar-refractivity contribution in [2.24, 2.45) is 34.5 Å². The van der Waals surface area contributed by atoms with Crippen molar-refractivity contribution in [1.82, 2.24) is 49.6 Å². The van der Waals surface area contributed by atoms with Gasteiger partial charge in [-0.15, -0.1) is 10.2 Å². The Balaban J connectivity index is 0.000000818. The van der Waals surface area contributed by atoms with Gasteiger partial charge in [0.15, 0.2) is 0 Å². The number of cyclic esters (lactones) is 2. The molecule has 0 amide bonds. The fraction of sp³-hybridized carbons (Fsp3) is 0.820. The van der Waals surface area contributed by atoms with Gasteiger partial charge in [0, 0.05) is 121 Å². The molecule has 0 unspecified atom stereocenters. The molecule has 6 fully saturated rings. The zero-order valence-electron chi connectivity index (χ0n) is 86.5. The first kappa shape index (κ1) is 126. The number of esters is 2. The lowest BCUT2D eigenvalue weighted by Crippen LogP contribution is -2.50. The monoisotopic (exact) mass is 1910 g/mol. The number of carbonyl (C=O) groups excluding carboxylic acids is 2. The maximum Gasteiger partial charge on any atom is 0.308 e. The molecule has 0 aliphatic carbocycles. The second-order valence-electron chi connectivity index (χ2n) is 38.3. The summed E-state index contributed by atoms with van der Waals surface area (Å²) in [5, 5.41) is 108. The Morgan fingerprint density at radius 3 is 1.21 bits per heavy atom. The van der Waals surface area contributed by atoms with Crippen LogP contribution in [-0.2, 0) is 86.3 Å². The van der Waals surface area contributed by atoms with Gasteiger partial charge >= 0.3 is 11.9 Å². The summed E-state index contributed by atoms with van der Waals surface area (Å²) in [6, 6.07) is 14.7. The van der Waals surface area contributed by atoms with Crippen LogP contribution >= 0.6 is 0 Å². The van der Waals surface area contributed by atoms with Crippen LogP contribution < -0.4 is 5.73 Å². The normalized spacial score (nSPS) is 31.1. The highest BCUT2D eigenvalue weighted by Gasteiger charge is 2.41. The summed E-state index contributed by atoms with van der Waals surface area (Å²) >= 11 is 0. The van der Waals surface area contributed by atoms with Gasteiger partial charge < -0.3 is 115 Å². The molecule has 10 rings (SSSR count). The first-order valence-electron chi connectivity index (χ1n) is 49.6. The van der Waals surface area contributed by atoms with E-state index in [4.69, 9.17) is 43.6 Å². The number of aromatic nitrogens is 6. The number of nitro groups is 1. The lowest BCUT2D eigenvalue weighted by atomic mass is 9.75. The van der Waals surface area contributed by atoms with Crippen LogP contribution in [0, 0.1) is 44.6 Å². The molecule has 0 radical (unpaired) electrons. The number of likely N-dealkylation sites (N-methyl/N-ethyl adjacent to an activating group) is 4. The fourth-order valence-electron chi connectivity index (χ4n) is 17.6. The summed E-state index contributed by atoms with van der Waals surface area (Å²) in [6.45, 7) is 43.2. The third kappa shape index (κ3) is 45.5. The van der Waals surface area contributed by atoms with E-state index in [0.717, 1.165) is 216 Å². The van der Waals surface area contributed by atoms with Crippen molar-refractivity contribution >= 4 is 23.3 Å². The number of carbonyl (C=O) groups is 2. The number of anilines is 1. The number of non-ortho nitro benzene ring substituents is 1. The smallest absolute Gasteiger partial charge is 0.308 e. The number of nitrogen functional groups attached to an aromatic ring is 1. The van der Waals surface area contributed by atoms with Crippen LogP contribution in [0.25, 0.3) is 0 Å². The summed E-state index contributed by atoms with van der Waals surface area (Å²) in [7, 11) is 11.4. The van der Waals surface area contributed by atoms with Crippen molar-refractivity contribution in [2.45, 2.75) is 389 Å². The number of aryl methyl sites for hydroxylation is 4. The first-order valence-corrected chi connectivity index (χ1v) is 49.6. The Bertz CT molecular complexity index is 3570. The molecule has 0 saturated carbocycles. The minimum absolute atomic E-state index is 0. The van der Waals surface area contributed by atoms with E-state index in [9.17, 15) is 60.6 Å². The van der Waals surface area contributed by atoms with E-state index in [2.05, 4.69) is 98.1 Å². The molecular weight excluding hydrogens is 1720 g/mol. The minimum Gasteiger partial charge on any atom is -0.463 e. The van der Waals surface area contributed by atoms with Crippen molar-refractivity contribution in [1.29, 1.82) is 0 Å². The van der Waals surface area contributed by atoms with E-state index in [1.165, 1.54) is 5.56 Å². The number of ether oxygens (including phenoxy) is 8. The van der Waals surface area contributed by atoms with Crippen molar-refractivity contribution < 1.29 is 104 Å². The quantitative estimate of drug-likeness (QED) is 0.0109. The van der Waals surface area contributed by atoms with E-state index in [1.807, 2.05) is 153 Å². The average molecular weight is 1910 g/mol. The molecule has 34 nitrogen and oxygen atoms in total. The summed E-state index contributed by atoms with van der Waals surface area (Å²) < 4.78 is 47.1. The molecule has 34 heteroatoms. The van der Waals surface area contributed by atoms with Crippen LogP contribution in [0.3, 0.4) is 0 Å². The van der Waals surface area contributed by atoms with E-state index in [1.54, 1.807) is 26.4 Å². The molecule has 0 spiro atoms. The number of unbranched alkanes of at least 4 members (excludes halogenated alkanes) is 2. The Labute approximate surface area is 803 Å². The molecule has 134 heavy (non-hydrogen) atoms. The number of benzene rings is 2. The molecular formula is C100H186N12O22. The Hall–Kier alpha value is -5.94. The van der Waals surface area contributed by atoms with Crippen LogP contribution in [0.15, 0.2) is 60.9 Å². The molecule has 778 valence electrons. The lowest BCUT2D eigenvalue weighted by molar-refractivity contribution is -0.384. The van der Waals surface area contributed by atoms with Crippen LogP contribution in [-0.4, -0.2) is 336 Å². The highest BCUT2D eigenvalue weighted by Crippen LogP contribution is 2.38. The van der Waals surface area contributed by atoms with Crippen LogP contribution in [0.1, 0.15) is 263 Å². The highest BCUT2D eigenvalue weighted by molar-refractivity contribution is 5.72. The molecule has 4 aromatic rings. The molecule has 8 heterocycles. The third-order valence-electron chi connectivity index (χ3n) is 27.6. The van der Waals surface area contributed by atoms with Gasteiger partial charge in [-0.2, -0.15) is 0 Å². The fourth-order valence-corrected chi connectivity index (χ4v) is 17.6. The number of nitrogens with zero attached hydrogens (tertiary/aromatic N) is 11. The average Bonchev–Trinajstić information content (AvgIpc) is 1.17. The first-order chi connectivity index (χ1) is 62.6. The maximum absolute atomic E-state index is 12.1. The van der Waals surface area contributed by atoms with Crippen LogP contribution in [0.4, 0.5) is 11.4 Å². The lowest BCUT2D eigenvalue weighted by Gasteiger charge is -2.41. The minimum atomic E-state index is -1.08. The van der Waals surface area contributed by atoms with Crippen molar-refractivity contribution in [2.75, 3.05) is 114 Å². The number of rotatable bonds is 23. The number of methoxy groups -OCH3 is 2. The van der Waals surface area contributed by atoms with Gasteiger partial charge in [-0.1, -0.05) is 118 Å². The molecule has 6 saturated heterocycles. The Kier molecular flexibility index (Phi) is 63.4. The number of hydrogen-bond acceptors (Lipinski definition) is 29. The molecule has 2 aromatic carbocycles. The van der Waals surface area contributed by atoms with E-state index in [0.29, 0.717) is 25.0 Å². The highest BCUT2D eigenvalue weighted by atomic mass is 16.6. The topological polar surface area (TPSA) is 476 Å². The molecule has 6 aliphatic heterocycles. The molecule has 6 aliphatic rings. The van der Waals surface area contributed by atoms with Gasteiger partial charge in [-0.05, 0) is 257 Å². The summed E-state index contributed by atoms with van der Waals surface area (Å²) in [4.78, 5) is 42.9. The standard InChI is InChI=1S/C21H31N5O4.C21H33N5O2.2C18H35NO5.2C9H18O2.2C2H6.2H2O/c1-16-13-20(21(27)15-30-16)24(2)12-10-18-14-25(23-22-18)11-4-3-5-17-6-8-19(9-7-17)26(28)29;1-16-13-20(21(27)15-28-16)25(2)12-10-19-14-26(24-23-19)11-4-3-5-17-6-8-18(22)9-7-17;2*1-12-9-13(2)18(22)24-11-16(20)17(21)14(3)19(4)8-6-7-15(10-12)23-5;2*1-4-9(3)5-6-11-7(2)8(9)10;2*1-2;;/h6-9,14,16,20-21,27H,3-5,10-13,15H2,1-2H3;6-9,14,16,20-21,27H,3-5,10-13,15,22H2,1-2H3;2*12-17,20-21H,6-11H2,1-5H3;2*7-8,10H,4-6H2,1-3H3;2*1-2H3;2*1H2/t2*16-,20+,21+;2*12-,13+,14+,15-,16+,17+;2*7-,8-,9+;;;;/m110000..../s1. The zero-order chi connectivity index (χ0) is 99.0. The summed E-state index contributed by atoms with van der Waals surface area (Å²) in [5.74, 6) is -0.389. The second-order valence-corrected chi connectivity index (χ2v) is 38.3. The molecule has 24 atom stereocenters. The zero-order valence-corrected chi connectivity index (χ0v) is 86.5. The van der Waals surface area contributed by atoms with Crippen molar-refractivity contribution in [3.63, 3.8) is 0 Å². The third-order valence-corrected chi connectivity index (χ3v) is 27.6. The van der Waals surface area contributed by atoms with E-state index < -0.39 is 36.6 Å². The second kappa shape index (κ2) is 67.4. The number of nitrogens with two attached hydrogens (primary N) is 1. The number of hydrogen-bond donors (Lipinski definition) is 9. The van der Waals surface area contributed by atoms with Crippen molar-refractivity contribution in [3.8, 4) is 0 Å². The van der Waals surface area contributed by atoms with Gasteiger partial charge in [-0.25, -0.2) is 0 Å². The molecule has 14 N–H and O–H groups in total. The number of nitro benzene ring substituents is 1. The number of aliphatic hydroxyl groups excluding tert-OH is 8. The molecule has 0 bridgehead atoms. The van der Waals surface area contributed by atoms with Gasteiger partial charge in [0.2, 0.25) is 0 Å². The van der Waals surface area contributed by atoms with Gasteiger partial charge in [0.1, 0.15) is 25.4 Å². The summed E-state index contributed by atoms with van der Waals surface area (Å²) in [6.07, 6.45) is 19.7. The summed E-state index contributed by atoms with van der Waals surface area (Å²) in [5.41, 5.74) is 11.2. The van der Waals surface area contributed by atoms with Crippen molar-refractivity contribution in [3.05, 3.63) is 93.6 Å². The predicted molar refractivity (Wildman–Crippen MR) is 526 cm³/mol. The SMILES string of the molecule is CC.CC.CC[C@]1(C)CCO[C@@H](C)[C@@H]1O.CC[C@]1(C)CCO[C@@H](C)[C@@H]1O.CO[C@H]1CCCN(C)[C@H](C)[C@@H](O)[C@H](O)COC(=O)[C@H](C)C[C@H](C)C1.CO[C@H]1CCCN(C)[C@H](C)[C@@H](O)[C@H](O)COC(=O)[C@H](C)C[C@H](C)C1.C[C@@H]1C[C@H](N(C)CCc2cn(CCCCc3ccc(N)cc3)nn2)[C@@H](O)CO1.C[C@@H]1C[C@H](N(C)CCc2cn(CCCCc3ccc([N+](=O)[O-])cc3)nn2)[C@@H](O)CO1.O.O. The predicted octanol–water partition coefficient (Wildman–Crippen LogP) is 10.5. The van der Waals surface area contributed by atoms with Crippen LogP contribution in [0.2, 0.25) is 0 Å². The van der Waals surface area contributed by atoms with Gasteiger partial charge in [0.25, 0.3) is 5.69 Å². The Morgan fingerprint density at radius 1 is 0.515 bits per heavy atom. The maximum atomic E-state index is 12.1. The van der Waals surface area contributed by atoms with Crippen LogP contribution in [0.5, 0.6) is 0 Å².